The number of hydrogen-bond acceptors (Lipinski definition) is 4. The number of benzene rings is 1. The van der Waals surface area contributed by atoms with Gasteiger partial charge in [-0.2, -0.15) is 0 Å². The van der Waals surface area contributed by atoms with Gasteiger partial charge >= 0.3 is 0 Å². The third-order valence-corrected chi connectivity index (χ3v) is 4.12. The van der Waals surface area contributed by atoms with Crippen molar-refractivity contribution in [3.63, 3.8) is 0 Å². The van der Waals surface area contributed by atoms with Crippen LogP contribution in [-0.4, -0.2) is 16.7 Å². The van der Waals surface area contributed by atoms with Crippen LogP contribution >= 0.6 is 27.3 Å². The molecule has 1 amide bonds. The summed E-state index contributed by atoms with van der Waals surface area (Å²) in [5, 5.41) is 1.88. The SMILES string of the molecule is Cc1cc(Br)cc2c1N(Cc1cscn1)C(=O)C2=O. The molecule has 2 aromatic rings. The highest BCUT2D eigenvalue weighted by Crippen LogP contribution is 2.35. The number of hydrogen-bond donors (Lipinski definition) is 0. The van der Waals surface area contributed by atoms with Crippen molar-refractivity contribution in [2.45, 2.75) is 13.5 Å². The molecule has 0 unspecified atom stereocenters. The first-order valence-corrected chi connectivity index (χ1v) is 7.35. The zero-order valence-electron chi connectivity index (χ0n) is 10.0. The maximum atomic E-state index is 12.1. The Labute approximate surface area is 122 Å². The van der Waals surface area contributed by atoms with E-state index in [4.69, 9.17) is 0 Å². The fourth-order valence-electron chi connectivity index (χ4n) is 2.23. The van der Waals surface area contributed by atoms with E-state index in [1.807, 2.05) is 18.4 Å². The van der Waals surface area contributed by atoms with Crippen LogP contribution in [0.4, 0.5) is 5.69 Å². The molecule has 6 heteroatoms. The number of amides is 1. The quantitative estimate of drug-likeness (QED) is 0.792. The summed E-state index contributed by atoms with van der Waals surface area (Å²) >= 11 is 4.82. The molecule has 0 aliphatic carbocycles. The first kappa shape index (κ1) is 12.5. The van der Waals surface area contributed by atoms with Crippen LogP contribution in [0.3, 0.4) is 0 Å². The minimum absolute atomic E-state index is 0.337. The first-order valence-electron chi connectivity index (χ1n) is 5.61. The number of rotatable bonds is 2. The largest absolute Gasteiger partial charge is 0.299 e. The zero-order valence-corrected chi connectivity index (χ0v) is 12.4. The average molecular weight is 337 g/mol. The number of halogens is 1. The number of thiazole rings is 1. The van der Waals surface area contributed by atoms with Crippen molar-refractivity contribution in [1.82, 2.24) is 4.98 Å². The van der Waals surface area contributed by atoms with Crippen molar-refractivity contribution in [2.24, 2.45) is 0 Å². The van der Waals surface area contributed by atoms with Crippen LogP contribution in [-0.2, 0) is 11.3 Å². The molecule has 19 heavy (non-hydrogen) atoms. The Balaban J connectivity index is 2.09. The molecule has 0 fully saturated rings. The van der Waals surface area contributed by atoms with Gasteiger partial charge in [0.1, 0.15) is 0 Å². The van der Waals surface area contributed by atoms with E-state index in [0.29, 0.717) is 17.8 Å². The standard InChI is InChI=1S/C13H9BrN2O2S/c1-7-2-8(14)3-10-11(7)16(13(18)12(10)17)4-9-5-19-6-15-9/h2-3,5-6H,4H2,1H3. The van der Waals surface area contributed by atoms with Crippen molar-refractivity contribution in [2.75, 3.05) is 4.90 Å². The lowest BCUT2D eigenvalue weighted by atomic mass is 10.1. The van der Waals surface area contributed by atoms with Gasteiger partial charge in [-0.3, -0.25) is 14.5 Å². The summed E-state index contributed by atoms with van der Waals surface area (Å²) in [6.07, 6.45) is 0. The summed E-state index contributed by atoms with van der Waals surface area (Å²) in [5.41, 5.74) is 4.57. The Hall–Kier alpha value is -1.53. The van der Waals surface area contributed by atoms with Crippen molar-refractivity contribution >= 4 is 44.6 Å². The number of aromatic nitrogens is 1. The van der Waals surface area contributed by atoms with Crippen LogP contribution in [0.25, 0.3) is 0 Å². The number of carbonyl (C=O) groups excluding carboxylic acids is 2. The molecule has 0 spiro atoms. The third-order valence-electron chi connectivity index (χ3n) is 3.02. The van der Waals surface area contributed by atoms with Crippen molar-refractivity contribution in [1.29, 1.82) is 0 Å². The van der Waals surface area contributed by atoms with Crippen LogP contribution in [0, 0.1) is 6.92 Å². The second-order valence-electron chi connectivity index (χ2n) is 4.32. The molecule has 1 aromatic carbocycles. The molecular formula is C13H9BrN2O2S. The van der Waals surface area contributed by atoms with E-state index in [-0.39, 0.29) is 0 Å². The van der Waals surface area contributed by atoms with Gasteiger partial charge in [0, 0.05) is 9.85 Å². The maximum Gasteiger partial charge on any atom is 0.299 e. The van der Waals surface area contributed by atoms with Gasteiger partial charge in [-0.15, -0.1) is 11.3 Å². The molecule has 0 bridgehead atoms. The number of aryl methyl sites for hydroxylation is 1. The second kappa shape index (κ2) is 4.54. The van der Waals surface area contributed by atoms with Crippen molar-refractivity contribution in [3.8, 4) is 0 Å². The molecule has 0 N–H and O–H groups in total. The van der Waals surface area contributed by atoms with Gasteiger partial charge in [-0.05, 0) is 24.6 Å². The number of fused-ring (bicyclic) bond motifs is 1. The van der Waals surface area contributed by atoms with Gasteiger partial charge in [-0.25, -0.2) is 4.98 Å². The topological polar surface area (TPSA) is 50.3 Å². The van der Waals surface area contributed by atoms with Gasteiger partial charge in [0.25, 0.3) is 11.7 Å². The molecule has 1 aliphatic rings. The molecular weight excluding hydrogens is 328 g/mol. The smallest absolute Gasteiger partial charge is 0.298 e. The van der Waals surface area contributed by atoms with E-state index in [0.717, 1.165) is 15.7 Å². The van der Waals surface area contributed by atoms with Crippen molar-refractivity contribution in [3.05, 3.63) is 44.3 Å². The fourth-order valence-corrected chi connectivity index (χ4v) is 3.36. The lowest BCUT2D eigenvalue weighted by Crippen LogP contribution is -2.29. The van der Waals surface area contributed by atoms with Crippen LogP contribution < -0.4 is 4.90 Å². The van der Waals surface area contributed by atoms with Gasteiger partial charge in [0.05, 0.1) is 29.0 Å². The van der Waals surface area contributed by atoms with Crippen LogP contribution in [0.5, 0.6) is 0 Å². The minimum Gasteiger partial charge on any atom is -0.298 e. The highest BCUT2D eigenvalue weighted by molar-refractivity contribution is 9.10. The molecule has 1 aliphatic heterocycles. The normalized spacial score (nSPS) is 14.1. The van der Waals surface area contributed by atoms with E-state index in [9.17, 15) is 9.59 Å². The van der Waals surface area contributed by atoms with E-state index in [2.05, 4.69) is 20.9 Å². The van der Waals surface area contributed by atoms with Crippen LogP contribution in [0.2, 0.25) is 0 Å². The molecule has 1 aromatic heterocycles. The summed E-state index contributed by atoms with van der Waals surface area (Å²) in [5.74, 6) is -0.932. The number of anilines is 1. The fraction of sp³-hybridized carbons (Fsp3) is 0.154. The molecule has 0 saturated heterocycles. The van der Waals surface area contributed by atoms with Gasteiger partial charge in [0.15, 0.2) is 0 Å². The number of carbonyl (C=O) groups is 2. The second-order valence-corrected chi connectivity index (χ2v) is 5.95. The number of Topliss-reactive ketones (excluding diaryl/α,β-unsaturated/α-hetero) is 1. The van der Waals surface area contributed by atoms with Crippen LogP contribution in [0.1, 0.15) is 21.6 Å². The average Bonchev–Trinajstić information content (AvgIpc) is 2.93. The van der Waals surface area contributed by atoms with Crippen molar-refractivity contribution < 1.29 is 9.59 Å². The Morgan fingerprint density at radius 3 is 2.84 bits per heavy atom. The summed E-state index contributed by atoms with van der Waals surface area (Å²) < 4.78 is 0.806. The molecule has 2 heterocycles. The third kappa shape index (κ3) is 2.01. The Morgan fingerprint density at radius 2 is 2.16 bits per heavy atom. The number of ketones is 1. The van der Waals surface area contributed by atoms with Gasteiger partial charge in [-0.1, -0.05) is 15.9 Å². The molecule has 3 rings (SSSR count). The Bertz CT molecular complexity index is 682. The molecule has 4 nitrogen and oxygen atoms in total. The monoisotopic (exact) mass is 336 g/mol. The molecule has 0 atom stereocenters. The van der Waals surface area contributed by atoms with Crippen LogP contribution in [0.15, 0.2) is 27.5 Å². The lowest BCUT2D eigenvalue weighted by Gasteiger charge is -2.17. The van der Waals surface area contributed by atoms with Gasteiger partial charge in [0.2, 0.25) is 0 Å². The van der Waals surface area contributed by atoms with E-state index < -0.39 is 11.7 Å². The van der Waals surface area contributed by atoms with Gasteiger partial charge < -0.3 is 0 Å². The summed E-state index contributed by atoms with van der Waals surface area (Å²) in [4.78, 5) is 29.8. The number of nitrogens with zero attached hydrogens (tertiary/aromatic N) is 2. The predicted molar refractivity (Wildman–Crippen MR) is 76.5 cm³/mol. The zero-order chi connectivity index (χ0) is 13.6. The molecule has 0 radical (unpaired) electrons. The summed E-state index contributed by atoms with van der Waals surface area (Å²) in [6, 6.07) is 3.60. The summed E-state index contributed by atoms with van der Waals surface area (Å²) in [7, 11) is 0. The lowest BCUT2D eigenvalue weighted by molar-refractivity contribution is -0.114. The maximum absolute atomic E-state index is 12.1. The van der Waals surface area contributed by atoms with E-state index in [1.54, 1.807) is 11.6 Å². The highest BCUT2D eigenvalue weighted by atomic mass is 79.9. The Morgan fingerprint density at radius 1 is 1.37 bits per heavy atom. The Kier molecular flexibility index (Phi) is 2.99. The highest BCUT2D eigenvalue weighted by Gasteiger charge is 2.37. The summed E-state index contributed by atoms with van der Waals surface area (Å²) in [6.45, 7) is 2.23. The molecule has 0 saturated carbocycles. The van der Waals surface area contributed by atoms with E-state index in [1.165, 1.54) is 16.2 Å². The van der Waals surface area contributed by atoms with E-state index >= 15 is 0 Å². The predicted octanol–water partition coefficient (Wildman–Crippen LogP) is 2.94. The minimum atomic E-state index is -0.482. The molecule has 96 valence electrons. The first-order chi connectivity index (χ1) is 9.08.